The van der Waals surface area contributed by atoms with E-state index >= 15 is 0 Å². The predicted octanol–water partition coefficient (Wildman–Crippen LogP) is -1.02. The largest absolute Gasteiger partial charge is 0.481 e. The summed E-state index contributed by atoms with van der Waals surface area (Å²) in [5.74, 6) is -4.54. The second-order valence-electron chi connectivity index (χ2n) is 3.02. The van der Waals surface area contributed by atoms with Gasteiger partial charge in [0.15, 0.2) is 0 Å². The van der Waals surface area contributed by atoms with E-state index in [9.17, 15) is 9.59 Å². The van der Waals surface area contributed by atoms with Crippen LogP contribution in [0.3, 0.4) is 0 Å². The topological polar surface area (TPSA) is 134 Å². The normalized spacial score (nSPS) is 13.8. The third kappa shape index (κ3) is 5.85. The second-order valence-corrected chi connectivity index (χ2v) is 3.02. The minimum absolute atomic E-state index is 0.194. The van der Waals surface area contributed by atoms with Crippen molar-refractivity contribution >= 4 is 11.9 Å². The van der Waals surface area contributed by atoms with Gasteiger partial charge >= 0.3 is 11.9 Å². The fourth-order valence-electron chi connectivity index (χ4n) is 0.995. The summed E-state index contributed by atoms with van der Waals surface area (Å²) >= 11 is 0. The van der Waals surface area contributed by atoms with Gasteiger partial charge in [-0.2, -0.15) is 0 Å². The van der Waals surface area contributed by atoms with Gasteiger partial charge in [-0.05, 0) is 0 Å². The van der Waals surface area contributed by atoms with Crippen molar-refractivity contribution in [2.45, 2.75) is 12.7 Å². The summed E-state index contributed by atoms with van der Waals surface area (Å²) in [4.78, 5) is 21.3. The third-order valence-electron chi connectivity index (χ3n) is 1.74. The Morgan fingerprint density at radius 3 is 2.18 bits per heavy atom. The summed E-state index contributed by atoms with van der Waals surface area (Å²) < 4.78 is 9.35. The number of hydrogen-bond acceptors (Lipinski definition) is 6. The molecule has 0 spiro atoms. The van der Waals surface area contributed by atoms with Crippen LogP contribution in [0.25, 0.3) is 0 Å². The Bertz CT molecular complexity index is 287. The number of aliphatic hydroxyl groups excluding tert-OH is 2. The number of ether oxygens (including phenoxy) is 2. The molecule has 0 aromatic carbocycles. The average Bonchev–Trinajstić information content (AvgIpc) is 2.24. The van der Waals surface area contributed by atoms with Gasteiger partial charge in [-0.1, -0.05) is 6.58 Å². The summed E-state index contributed by atoms with van der Waals surface area (Å²) in [7, 11) is 0. The van der Waals surface area contributed by atoms with Gasteiger partial charge in [-0.25, -0.2) is 0 Å². The van der Waals surface area contributed by atoms with Crippen LogP contribution in [0.4, 0.5) is 0 Å². The molecule has 2 atom stereocenters. The lowest BCUT2D eigenvalue weighted by molar-refractivity contribution is -0.202. The van der Waals surface area contributed by atoms with Crippen LogP contribution in [0.1, 0.15) is 6.42 Å². The Hall–Kier alpha value is -1.64. The lowest BCUT2D eigenvalue weighted by atomic mass is 10.1. The molecule has 0 bridgehead atoms. The van der Waals surface area contributed by atoms with Crippen molar-refractivity contribution in [3.63, 3.8) is 0 Å². The molecule has 8 nitrogen and oxygen atoms in total. The molecule has 0 aromatic heterocycles. The van der Waals surface area contributed by atoms with Gasteiger partial charge < -0.3 is 29.9 Å². The molecule has 4 N–H and O–H groups in total. The lowest BCUT2D eigenvalue weighted by Crippen LogP contribution is -2.35. The standard InChI is InChI=1S/C9H14O8/c1-5(3-10)17-9(16-4-11)6(8(14)15)2-7(12)13/h6,9-11H,1-4H2,(H,12,13)(H,14,15). The molecular weight excluding hydrogens is 236 g/mol. The first-order valence-corrected chi connectivity index (χ1v) is 4.54. The number of carbonyl (C=O) groups is 2. The first kappa shape index (κ1) is 15.4. The highest BCUT2D eigenvalue weighted by atomic mass is 16.7. The minimum atomic E-state index is -1.53. The highest BCUT2D eigenvalue weighted by Crippen LogP contribution is 2.17. The zero-order chi connectivity index (χ0) is 13.4. The SMILES string of the molecule is C=C(CO)OC(OCO)C(CC(=O)O)C(=O)O. The molecule has 0 aromatic rings. The Morgan fingerprint density at radius 1 is 1.24 bits per heavy atom. The first-order valence-electron chi connectivity index (χ1n) is 4.54. The van der Waals surface area contributed by atoms with Crippen LogP contribution in [0.2, 0.25) is 0 Å². The molecule has 0 aliphatic carbocycles. The number of hydrogen-bond donors (Lipinski definition) is 4. The van der Waals surface area contributed by atoms with Crippen molar-refractivity contribution in [3.05, 3.63) is 12.3 Å². The van der Waals surface area contributed by atoms with E-state index in [0.29, 0.717) is 0 Å². The van der Waals surface area contributed by atoms with E-state index in [1.165, 1.54) is 0 Å². The average molecular weight is 250 g/mol. The fraction of sp³-hybridized carbons (Fsp3) is 0.556. The van der Waals surface area contributed by atoms with Crippen molar-refractivity contribution in [1.82, 2.24) is 0 Å². The maximum atomic E-state index is 10.8. The molecule has 2 unspecified atom stereocenters. The summed E-state index contributed by atoms with van der Waals surface area (Å²) in [5, 5.41) is 34.5. The number of aliphatic carboxylic acids is 2. The fourth-order valence-corrected chi connectivity index (χ4v) is 0.995. The summed E-state index contributed by atoms with van der Waals surface area (Å²) in [6.07, 6.45) is -2.29. The van der Waals surface area contributed by atoms with E-state index < -0.39 is 44.0 Å². The molecule has 0 aliphatic heterocycles. The van der Waals surface area contributed by atoms with Gasteiger partial charge in [0.05, 0.1) is 13.0 Å². The third-order valence-corrected chi connectivity index (χ3v) is 1.74. The van der Waals surface area contributed by atoms with Gasteiger partial charge in [-0.15, -0.1) is 0 Å². The monoisotopic (exact) mass is 250 g/mol. The maximum Gasteiger partial charge on any atom is 0.313 e. The molecule has 0 heterocycles. The van der Waals surface area contributed by atoms with E-state index in [4.69, 9.17) is 25.2 Å². The van der Waals surface area contributed by atoms with Crippen LogP contribution >= 0.6 is 0 Å². The number of aliphatic hydroxyl groups is 2. The van der Waals surface area contributed by atoms with E-state index in [0.717, 1.165) is 0 Å². The van der Waals surface area contributed by atoms with Crippen LogP contribution in [0.5, 0.6) is 0 Å². The molecule has 0 amide bonds. The van der Waals surface area contributed by atoms with Gasteiger partial charge in [0.25, 0.3) is 0 Å². The van der Waals surface area contributed by atoms with Gasteiger partial charge in [0.2, 0.25) is 6.29 Å². The Balaban J connectivity index is 4.75. The van der Waals surface area contributed by atoms with E-state index in [2.05, 4.69) is 11.3 Å². The van der Waals surface area contributed by atoms with Gasteiger partial charge in [0.1, 0.15) is 18.5 Å². The van der Waals surface area contributed by atoms with Crippen LogP contribution in [-0.2, 0) is 19.1 Å². The van der Waals surface area contributed by atoms with Crippen molar-refractivity contribution in [2.24, 2.45) is 5.92 Å². The molecule has 17 heavy (non-hydrogen) atoms. The smallest absolute Gasteiger partial charge is 0.313 e. The van der Waals surface area contributed by atoms with Crippen molar-refractivity contribution < 1.29 is 39.5 Å². The summed E-state index contributed by atoms with van der Waals surface area (Å²) in [5.41, 5.74) is 0. The van der Waals surface area contributed by atoms with Crippen molar-refractivity contribution in [2.75, 3.05) is 13.4 Å². The van der Waals surface area contributed by atoms with Crippen LogP contribution in [0, 0.1) is 5.92 Å². The van der Waals surface area contributed by atoms with Crippen LogP contribution in [-0.4, -0.2) is 52.1 Å². The molecule has 98 valence electrons. The van der Waals surface area contributed by atoms with Crippen LogP contribution in [0.15, 0.2) is 12.3 Å². The Labute approximate surface area is 96.7 Å². The zero-order valence-corrected chi connectivity index (χ0v) is 8.90. The first-order chi connectivity index (χ1) is 7.92. The van der Waals surface area contributed by atoms with Gasteiger partial charge in [0, 0.05) is 0 Å². The number of rotatable bonds is 9. The molecule has 0 fully saturated rings. The van der Waals surface area contributed by atoms with Crippen molar-refractivity contribution in [3.8, 4) is 0 Å². The van der Waals surface area contributed by atoms with E-state index in [-0.39, 0.29) is 5.76 Å². The number of carboxylic acids is 2. The lowest BCUT2D eigenvalue weighted by Gasteiger charge is -2.23. The molecule has 0 radical (unpaired) electrons. The Morgan fingerprint density at radius 2 is 1.82 bits per heavy atom. The Kier molecular flexibility index (Phi) is 6.87. The molecule has 0 rings (SSSR count). The highest BCUT2D eigenvalue weighted by Gasteiger charge is 2.33. The quantitative estimate of drug-likeness (QED) is 0.301. The summed E-state index contributed by atoms with van der Waals surface area (Å²) in [6.45, 7) is 1.81. The predicted molar refractivity (Wildman–Crippen MR) is 52.6 cm³/mol. The van der Waals surface area contributed by atoms with E-state index in [1.54, 1.807) is 0 Å². The van der Waals surface area contributed by atoms with E-state index in [1.807, 2.05) is 0 Å². The second kappa shape index (κ2) is 7.60. The maximum absolute atomic E-state index is 10.8. The van der Waals surface area contributed by atoms with Gasteiger partial charge in [-0.3, -0.25) is 9.59 Å². The molecule has 0 aliphatic rings. The molecular formula is C9H14O8. The van der Waals surface area contributed by atoms with Crippen LogP contribution < -0.4 is 0 Å². The van der Waals surface area contributed by atoms with Crippen molar-refractivity contribution in [1.29, 1.82) is 0 Å². The zero-order valence-electron chi connectivity index (χ0n) is 8.90. The molecule has 0 saturated carbocycles. The molecule has 0 saturated heterocycles. The molecule has 8 heteroatoms. The minimum Gasteiger partial charge on any atom is -0.481 e. The summed E-state index contributed by atoms with van der Waals surface area (Å²) in [6, 6.07) is 0. The highest BCUT2D eigenvalue weighted by molar-refractivity contribution is 5.78. The number of carboxylic acid groups (broad SMARTS) is 2.